The van der Waals surface area contributed by atoms with Crippen LogP contribution in [0.3, 0.4) is 0 Å². The summed E-state index contributed by atoms with van der Waals surface area (Å²) in [5.74, 6) is -0.583. The molecule has 138 valence electrons. The lowest BCUT2D eigenvalue weighted by atomic mass is 10.1. The van der Waals surface area contributed by atoms with Gasteiger partial charge < -0.3 is 20.5 Å². The zero-order valence-electron chi connectivity index (χ0n) is 13.9. The van der Waals surface area contributed by atoms with Crippen LogP contribution in [-0.4, -0.2) is 25.0 Å². The first-order chi connectivity index (χ1) is 12.3. The third kappa shape index (κ3) is 5.73. The molecule has 0 heterocycles. The molecule has 6 nitrogen and oxygen atoms in total. The van der Waals surface area contributed by atoms with Crippen molar-refractivity contribution in [2.45, 2.75) is 19.6 Å². The fourth-order valence-corrected chi connectivity index (χ4v) is 2.19. The highest BCUT2D eigenvalue weighted by Crippen LogP contribution is 2.19. The summed E-state index contributed by atoms with van der Waals surface area (Å²) in [6.45, 7) is -1.39. The van der Waals surface area contributed by atoms with Crippen molar-refractivity contribution in [2.75, 3.05) is 6.61 Å². The van der Waals surface area contributed by atoms with E-state index in [0.29, 0.717) is 5.75 Å². The van der Waals surface area contributed by atoms with Gasteiger partial charge in [-0.3, -0.25) is 9.59 Å². The maximum atomic E-state index is 12.1. The van der Waals surface area contributed by atoms with Crippen molar-refractivity contribution in [2.24, 2.45) is 5.73 Å². The van der Waals surface area contributed by atoms with Crippen LogP contribution in [0.25, 0.3) is 0 Å². The first-order valence-electron chi connectivity index (χ1n) is 7.72. The van der Waals surface area contributed by atoms with Crippen LogP contribution in [0.5, 0.6) is 11.5 Å². The first kappa shape index (κ1) is 19.2. The molecule has 2 aromatic rings. The number of hydrogen-bond acceptors (Lipinski definition) is 4. The highest BCUT2D eigenvalue weighted by Gasteiger charge is 2.12. The van der Waals surface area contributed by atoms with Gasteiger partial charge in [0.1, 0.15) is 11.5 Å². The summed E-state index contributed by atoms with van der Waals surface area (Å²) in [5.41, 5.74) is 6.18. The minimum absolute atomic E-state index is 0.0416. The molecule has 0 aliphatic carbocycles. The summed E-state index contributed by atoms with van der Waals surface area (Å²) in [5, 5.41) is 2.72. The molecular weight excluding hydrogens is 346 g/mol. The molecule has 2 amide bonds. The molecule has 0 spiro atoms. The topological polar surface area (TPSA) is 90.6 Å². The maximum absolute atomic E-state index is 12.1. The number of primary amides is 1. The fraction of sp³-hybridized carbons (Fsp3) is 0.222. The largest absolute Gasteiger partial charge is 0.484 e. The van der Waals surface area contributed by atoms with Gasteiger partial charge >= 0.3 is 6.61 Å². The van der Waals surface area contributed by atoms with Crippen LogP contribution in [0, 0.1) is 0 Å². The van der Waals surface area contributed by atoms with Gasteiger partial charge in [-0.15, -0.1) is 0 Å². The Kier molecular flexibility index (Phi) is 6.48. The maximum Gasteiger partial charge on any atom is 0.387 e. The molecule has 3 N–H and O–H groups in total. The molecular formula is C18H18F2N2O4. The Bertz CT molecular complexity index is 766. The molecule has 0 bridgehead atoms. The van der Waals surface area contributed by atoms with Gasteiger partial charge in [0.05, 0.1) is 6.04 Å². The van der Waals surface area contributed by atoms with Crippen molar-refractivity contribution < 1.29 is 27.8 Å². The number of benzene rings is 2. The molecule has 0 radical (unpaired) electrons. The quantitative estimate of drug-likeness (QED) is 0.753. The van der Waals surface area contributed by atoms with Gasteiger partial charge in [0.15, 0.2) is 6.61 Å². The Balaban J connectivity index is 1.87. The van der Waals surface area contributed by atoms with E-state index in [0.717, 1.165) is 5.56 Å². The van der Waals surface area contributed by atoms with Crippen LogP contribution in [0.15, 0.2) is 48.5 Å². The molecule has 0 aromatic heterocycles. The number of nitrogens with one attached hydrogen (secondary N) is 1. The number of nitrogens with two attached hydrogens (primary N) is 1. The van der Waals surface area contributed by atoms with E-state index < -0.39 is 12.5 Å². The summed E-state index contributed by atoms with van der Waals surface area (Å²) in [6, 6.07) is 11.8. The summed E-state index contributed by atoms with van der Waals surface area (Å²) in [6.07, 6.45) is 0. The zero-order chi connectivity index (χ0) is 19.1. The van der Waals surface area contributed by atoms with E-state index in [1.54, 1.807) is 37.3 Å². The second kappa shape index (κ2) is 8.80. The monoisotopic (exact) mass is 364 g/mol. The third-order valence-electron chi connectivity index (χ3n) is 3.47. The average molecular weight is 364 g/mol. The minimum Gasteiger partial charge on any atom is -0.484 e. The van der Waals surface area contributed by atoms with E-state index in [1.807, 2.05) is 0 Å². The Morgan fingerprint density at radius 1 is 1.12 bits per heavy atom. The lowest BCUT2D eigenvalue weighted by Crippen LogP contribution is -2.31. The van der Waals surface area contributed by atoms with E-state index in [4.69, 9.17) is 10.5 Å². The molecule has 0 aliphatic heterocycles. The predicted octanol–water partition coefficient (Wildman–Crippen LogP) is 2.64. The highest BCUT2D eigenvalue weighted by atomic mass is 19.3. The number of carbonyl (C=O) groups is 2. The normalized spacial score (nSPS) is 11.7. The zero-order valence-corrected chi connectivity index (χ0v) is 13.9. The van der Waals surface area contributed by atoms with Crippen molar-refractivity contribution in [1.29, 1.82) is 0 Å². The van der Waals surface area contributed by atoms with Crippen molar-refractivity contribution in [1.82, 2.24) is 5.32 Å². The summed E-state index contributed by atoms with van der Waals surface area (Å²) >= 11 is 0. The number of hydrogen-bond donors (Lipinski definition) is 2. The number of halogens is 2. The lowest BCUT2D eigenvalue weighted by Gasteiger charge is -2.15. The van der Waals surface area contributed by atoms with Gasteiger partial charge in [-0.1, -0.05) is 18.2 Å². The fourth-order valence-electron chi connectivity index (χ4n) is 2.19. The first-order valence-corrected chi connectivity index (χ1v) is 7.72. The summed E-state index contributed by atoms with van der Waals surface area (Å²) in [7, 11) is 0. The molecule has 2 rings (SSSR count). The molecule has 1 atom stereocenters. The van der Waals surface area contributed by atoms with E-state index in [-0.39, 0.29) is 29.9 Å². The molecule has 0 fully saturated rings. The number of alkyl halides is 2. The van der Waals surface area contributed by atoms with Crippen LogP contribution in [0.4, 0.5) is 8.78 Å². The van der Waals surface area contributed by atoms with Crippen LogP contribution in [0.2, 0.25) is 0 Å². The van der Waals surface area contributed by atoms with E-state index in [2.05, 4.69) is 10.1 Å². The second-order valence-electron chi connectivity index (χ2n) is 5.42. The molecule has 0 aliphatic rings. The van der Waals surface area contributed by atoms with E-state index in [1.165, 1.54) is 18.2 Å². The Morgan fingerprint density at radius 3 is 2.42 bits per heavy atom. The van der Waals surface area contributed by atoms with Gasteiger partial charge in [0, 0.05) is 5.56 Å². The molecule has 0 saturated carbocycles. The van der Waals surface area contributed by atoms with Gasteiger partial charge in [0.2, 0.25) is 5.91 Å². The van der Waals surface area contributed by atoms with Crippen molar-refractivity contribution >= 4 is 11.8 Å². The standard InChI is InChI=1S/C18H18F2N2O4/c1-11(12-5-7-14(8-6-12)26-18(19)20)22-16(23)10-25-15-4-2-3-13(9-15)17(21)24/h2-9,11,18H,10H2,1H3,(H2,21,24)(H,22,23)/t11-/m0/s1. The van der Waals surface area contributed by atoms with Gasteiger partial charge in [0.25, 0.3) is 5.91 Å². The molecule has 8 heteroatoms. The Hall–Kier alpha value is -3.16. The molecule has 0 unspecified atom stereocenters. The summed E-state index contributed by atoms with van der Waals surface area (Å²) in [4.78, 5) is 23.1. The smallest absolute Gasteiger partial charge is 0.387 e. The molecule has 2 aromatic carbocycles. The van der Waals surface area contributed by atoms with E-state index in [9.17, 15) is 18.4 Å². The Morgan fingerprint density at radius 2 is 1.81 bits per heavy atom. The predicted molar refractivity (Wildman–Crippen MR) is 90.1 cm³/mol. The van der Waals surface area contributed by atoms with Crippen LogP contribution >= 0.6 is 0 Å². The van der Waals surface area contributed by atoms with Gasteiger partial charge in [-0.05, 0) is 42.8 Å². The van der Waals surface area contributed by atoms with Gasteiger partial charge in [-0.2, -0.15) is 8.78 Å². The highest BCUT2D eigenvalue weighted by molar-refractivity contribution is 5.93. The van der Waals surface area contributed by atoms with Crippen molar-refractivity contribution in [3.8, 4) is 11.5 Å². The minimum atomic E-state index is -2.89. The van der Waals surface area contributed by atoms with E-state index >= 15 is 0 Å². The molecule has 26 heavy (non-hydrogen) atoms. The molecule has 0 saturated heterocycles. The third-order valence-corrected chi connectivity index (χ3v) is 3.47. The number of rotatable bonds is 8. The van der Waals surface area contributed by atoms with Crippen LogP contribution in [-0.2, 0) is 4.79 Å². The Labute approximate surface area is 148 Å². The average Bonchev–Trinajstić information content (AvgIpc) is 2.60. The number of ether oxygens (including phenoxy) is 2. The van der Waals surface area contributed by atoms with Crippen LogP contribution < -0.4 is 20.5 Å². The van der Waals surface area contributed by atoms with Gasteiger partial charge in [-0.25, -0.2) is 0 Å². The SMILES string of the molecule is C[C@H](NC(=O)COc1cccc(C(N)=O)c1)c1ccc(OC(F)F)cc1. The number of amides is 2. The number of carbonyl (C=O) groups excluding carboxylic acids is 2. The second-order valence-corrected chi connectivity index (χ2v) is 5.42. The lowest BCUT2D eigenvalue weighted by molar-refractivity contribution is -0.123. The summed E-state index contributed by atoms with van der Waals surface area (Å²) < 4.78 is 33.9. The van der Waals surface area contributed by atoms with Crippen molar-refractivity contribution in [3.05, 3.63) is 59.7 Å². The van der Waals surface area contributed by atoms with Crippen molar-refractivity contribution in [3.63, 3.8) is 0 Å². The van der Waals surface area contributed by atoms with Crippen LogP contribution in [0.1, 0.15) is 28.9 Å².